The molecule has 1 fully saturated rings. The maximum Gasteiger partial charge on any atom is 0.212 e. The van der Waals surface area contributed by atoms with Crippen LogP contribution in [0.5, 0.6) is 5.88 Å². The van der Waals surface area contributed by atoms with Gasteiger partial charge in [0.25, 0.3) is 0 Å². The fourth-order valence-corrected chi connectivity index (χ4v) is 3.03. The van der Waals surface area contributed by atoms with Crippen LogP contribution in [-0.2, 0) is 5.60 Å². The van der Waals surface area contributed by atoms with Gasteiger partial charge in [-0.2, -0.15) is 0 Å². The number of nitrogens with zero attached hydrogens (tertiary/aromatic N) is 1. The van der Waals surface area contributed by atoms with Gasteiger partial charge >= 0.3 is 0 Å². The Balaban J connectivity index is 2.08. The average molecular weight is 263 g/mol. The van der Waals surface area contributed by atoms with Crippen molar-refractivity contribution < 1.29 is 9.84 Å². The first kappa shape index (κ1) is 14.3. The summed E-state index contributed by atoms with van der Waals surface area (Å²) in [5, 5.41) is 10.8. The summed E-state index contributed by atoms with van der Waals surface area (Å²) in [5.41, 5.74) is 0.543. The SMILES string of the molecule is COc1ccc(C2(O)CCC(C(C)(C)C)CC2)cn1. The van der Waals surface area contributed by atoms with Gasteiger partial charge in [-0.05, 0) is 43.1 Å². The normalized spacial score (nSPS) is 28.2. The van der Waals surface area contributed by atoms with Crippen molar-refractivity contribution in [2.75, 3.05) is 7.11 Å². The van der Waals surface area contributed by atoms with Gasteiger partial charge in [-0.15, -0.1) is 0 Å². The Hall–Kier alpha value is -1.09. The standard InChI is InChI=1S/C16H25NO2/c1-15(2,3)12-7-9-16(18,10-8-12)13-5-6-14(19-4)17-11-13/h5-6,11-12,18H,7-10H2,1-4H3. The Morgan fingerprint density at radius 1 is 1.26 bits per heavy atom. The molecular weight excluding hydrogens is 238 g/mol. The summed E-state index contributed by atoms with van der Waals surface area (Å²) in [5.74, 6) is 1.29. The van der Waals surface area contributed by atoms with Crippen LogP contribution < -0.4 is 4.74 Å². The second-order valence-electron chi connectivity index (χ2n) is 6.76. The van der Waals surface area contributed by atoms with Crippen LogP contribution in [0.4, 0.5) is 0 Å². The molecule has 106 valence electrons. The lowest BCUT2D eigenvalue weighted by Crippen LogP contribution is -2.35. The van der Waals surface area contributed by atoms with E-state index in [1.165, 1.54) is 0 Å². The summed E-state index contributed by atoms with van der Waals surface area (Å²) < 4.78 is 5.06. The minimum Gasteiger partial charge on any atom is -0.481 e. The first-order chi connectivity index (χ1) is 8.85. The maximum absolute atomic E-state index is 10.8. The van der Waals surface area contributed by atoms with Crippen molar-refractivity contribution in [3.05, 3.63) is 23.9 Å². The maximum atomic E-state index is 10.8. The molecule has 0 spiro atoms. The molecule has 0 aromatic carbocycles. The largest absolute Gasteiger partial charge is 0.481 e. The topological polar surface area (TPSA) is 42.4 Å². The summed E-state index contributed by atoms with van der Waals surface area (Å²) in [6.45, 7) is 6.87. The molecule has 0 atom stereocenters. The molecular formula is C16H25NO2. The summed E-state index contributed by atoms with van der Waals surface area (Å²) >= 11 is 0. The zero-order valence-electron chi connectivity index (χ0n) is 12.4. The molecule has 19 heavy (non-hydrogen) atoms. The van der Waals surface area contributed by atoms with Crippen LogP contribution >= 0.6 is 0 Å². The smallest absolute Gasteiger partial charge is 0.212 e. The highest BCUT2D eigenvalue weighted by molar-refractivity contribution is 5.24. The van der Waals surface area contributed by atoms with Gasteiger partial charge in [0.1, 0.15) is 0 Å². The zero-order valence-corrected chi connectivity index (χ0v) is 12.4. The lowest BCUT2D eigenvalue weighted by molar-refractivity contribution is -0.0300. The van der Waals surface area contributed by atoms with Crippen molar-refractivity contribution in [3.8, 4) is 5.88 Å². The minimum absolute atomic E-state index is 0.333. The molecule has 2 rings (SSSR count). The van der Waals surface area contributed by atoms with Gasteiger partial charge in [0, 0.05) is 17.8 Å². The van der Waals surface area contributed by atoms with E-state index in [1.807, 2.05) is 12.1 Å². The Morgan fingerprint density at radius 2 is 1.89 bits per heavy atom. The summed E-state index contributed by atoms with van der Waals surface area (Å²) in [7, 11) is 1.60. The molecule has 1 aliphatic carbocycles. The fraction of sp³-hybridized carbons (Fsp3) is 0.688. The molecule has 1 aromatic heterocycles. The number of rotatable bonds is 2. The number of aromatic nitrogens is 1. The van der Waals surface area contributed by atoms with Crippen LogP contribution in [0, 0.1) is 11.3 Å². The Morgan fingerprint density at radius 3 is 2.32 bits per heavy atom. The number of hydrogen-bond donors (Lipinski definition) is 1. The molecule has 0 radical (unpaired) electrons. The Labute approximate surface area is 116 Å². The minimum atomic E-state index is -0.707. The van der Waals surface area contributed by atoms with Crippen LogP contribution in [0.2, 0.25) is 0 Å². The molecule has 1 saturated carbocycles. The first-order valence-electron chi connectivity index (χ1n) is 7.08. The molecule has 3 heteroatoms. The van der Waals surface area contributed by atoms with Crippen molar-refractivity contribution in [2.45, 2.75) is 52.1 Å². The van der Waals surface area contributed by atoms with Crippen molar-refractivity contribution in [1.82, 2.24) is 4.98 Å². The zero-order chi connectivity index (χ0) is 14.1. The highest BCUT2D eigenvalue weighted by Gasteiger charge is 2.38. The molecule has 0 bridgehead atoms. The first-order valence-corrected chi connectivity index (χ1v) is 7.08. The molecule has 0 unspecified atom stereocenters. The van der Waals surface area contributed by atoms with Crippen molar-refractivity contribution in [1.29, 1.82) is 0 Å². The highest BCUT2D eigenvalue weighted by atomic mass is 16.5. The molecule has 1 N–H and O–H groups in total. The van der Waals surface area contributed by atoms with Gasteiger partial charge < -0.3 is 9.84 Å². The van der Waals surface area contributed by atoms with Gasteiger partial charge in [-0.25, -0.2) is 4.98 Å². The van der Waals surface area contributed by atoms with Gasteiger partial charge in [0.15, 0.2) is 0 Å². The van der Waals surface area contributed by atoms with E-state index in [2.05, 4.69) is 25.8 Å². The van der Waals surface area contributed by atoms with Crippen LogP contribution in [0.25, 0.3) is 0 Å². The molecule has 0 amide bonds. The number of aliphatic hydroxyl groups is 1. The van der Waals surface area contributed by atoms with Crippen LogP contribution in [0.1, 0.15) is 52.0 Å². The predicted octanol–water partition coefficient (Wildman–Crippen LogP) is 3.51. The van der Waals surface area contributed by atoms with Crippen molar-refractivity contribution in [2.24, 2.45) is 11.3 Å². The third-order valence-electron chi connectivity index (χ3n) is 4.52. The lowest BCUT2D eigenvalue weighted by atomic mass is 9.67. The van der Waals surface area contributed by atoms with Gasteiger partial charge in [-0.1, -0.05) is 20.8 Å². The van der Waals surface area contributed by atoms with Crippen molar-refractivity contribution >= 4 is 0 Å². The van der Waals surface area contributed by atoms with E-state index < -0.39 is 5.60 Å². The number of methoxy groups -OCH3 is 1. The second-order valence-corrected chi connectivity index (χ2v) is 6.76. The Bertz CT molecular complexity index is 411. The average Bonchev–Trinajstić information content (AvgIpc) is 2.38. The fourth-order valence-electron chi connectivity index (χ4n) is 3.03. The predicted molar refractivity (Wildman–Crippen MR) is 76.1 cm³/mol. The quantitative estimate of drug-likeness (QED) is 0.887. The number of ether oxygens (including phenoxy) is 1. The Kier molecular flexibility index (Phi) is 3.86. The summed E-state index contributed by atoms with van der Waals surface area (Å²) in [6, 6.07) is 3.76. The van der Waals surface area contributed by atoms with E-state index in [0.29, 0.717) is 17.2 Å². The van der Waals surface area contributed by atoms with Crippen LogP contribution in [0.15, 0.2) is 18.3 Å². The van der Waals surface area contributed by atoms with Gasteiger partial charge in [0.05, 0.1) is 12.7 Å². The third-order valence-corrected chi connectivity index (χ3v) is 4.52. The van der Waals surface area contributed by atoms with E-state index in [1.54, 1.807) is 13.3 Å². The molecule has 1 aliphatic rings. The molecule has 1 heterocycles. The van der Waals surface area contributed by atoms with Crippen molar-refractivity contribution in [3.63, 3.8) is 0 Å². The highest BCUT2D eigenvalue weighted by Crippen LogP contribution is 2.45. The second kappa shape index (κ2) is 5.12. The molecule has 0 saturated heterocycles. The number of pyridine rings is 1. The molecule has 1 aromatic rings. The summed E-state index contributed by atoms with van der Waals surface area (Å²) in [6.07, 6.45) is 5.54. The monoisotopic (exact) mass is 263 g/mol. The lowest BCUT2D eigenvalue weighted by Gasteiger charge is -2.41. The molecule has 0 aliphatic heterocycles. The van der Waals surface area contributed by atoms with E-state index in [9.17, 15) is 5.11 Å². The van der Waals surface area contributed by atoms with Gasteiger partial charge in [0.2, 0.25) is 5.88 Å². The van der Waals surface area contributed by atoms with Crippen LogP contribution in [-0.4, -0.2) is 17.2 Å². The summed E-state index contributed by atoms with van der Waals surface area (Å²) in [4.78, 5) is 4.20. The number of hydrogen-bond acceptors (Lipinski definition) is 3. The van der Waals surface area contributed by atoms with Gasteiger partial charge in [-0.3, -0.25) is 0 Å². The van der Waals surface area contributed by atoms with Crippen LogP contribution in [0.3, 0.4) is 0 Å². The molecule has 3 nitrogen and oxygen atoms in total. The van der Waals surface area contributed by atoms with E-state index in [0.717, 1.165) is 31.2 Å². The van der Waals surface area contributed by atoms with E-state index in [-0.39, 0.29) is 0 Å². The van der Waals surface area contributed by atoms with E-state index in [4.69, 9.17) is 4.74 Å². The third kappa shape index (κ3) is 3.08. The van der Waals surface area contributed by atoms with E-state index >= 15 is 0 Å².